The summed E-state index contributed by atoms with van der Waals surface area (Å²) in [5.74, 6) is -0.604. The number of methoxy groups -OCH3 is 1. The lowest BCUT2D eigenvalue weighted by Crippen LogP contribution is -2.12. The summed E-state index contributed by atoms with van der Waals surface area (Å²) in [4.78, 5) is 21.7. The molecule has 0 amide bonds. The average molecular weight is 318 g/mol. The van der Waals surface area contributed by atoms with Gasteiger partial charge in [0.1, 0.15) is 11.6 Å². The zero-order chi connectivity index (χ0) is 15.7. The maximum Gasteiger partial charge on any atom is 0.338 e. The third kappa shape index (κ3) is 6.07. The van der Waals surface area contributed by atoms with Crippen LogP contribution in [0.2, 0.25) is 5.02 Å². The number of nitro groups is 1. The Hall–Kier alpha value is -1.70. The van der Waals surface area contributed by atoms with Crippen LogP contribution in [0.5, 0.6) is 0 Å². The Bertz CT molecular complexity index is 494. The van der Waals surface area contributed by atoms with Crippen molar-refractivity contribution < 1.29 is 23.9 Å². The van der Waals surface area contributed by atoms with E-state index in [1.807, 2.05) is 0 Å². The van der Waals surface area contributed by atoms with Crippen molar-refractivity contribution in [2.24, 2.45) is 0 Å². The second-order valence-electron chi connectivity index (χ2n) is 4.02. The first-order valence-corrected chi connectivity index (χ1v) is 6.61. The fourth-order valence-corrected chi connectivity index (χ4v) is 1.72. The fourth-order valence-electron chi connectivity index (χ4n) is 1.47. The zero-order valence-corrected chi connectivity index (χ0v) is 12.3. The third-order valence-corrected chi connectivity index (χ3v) is 2.78. The molecule has 116 valence electrons. The van der Waals surface area contributed by atoms with Gasteiger partial charge < -0.3 is 14.2 Å². The van der Waals surface area contributed by atoms with Crippen molar-refractivity contribution in [1.29, 1.82) is 0 Å². The molecule has 1 aromatic rings. The smallest absolute Gasteiger partial charge is 0.338 e. The van der Waals surface area contributed by atoms with Crippen molar-refractivity contribution in [3.8, 4) is 0 Å². The van der Waals surface area contributed by atoms with E-state index in [1.54, 1.807) is 7.11 Å². The van der Waals surface area contributed by atoms with Crippen LogP contribution >= 0.6 is 11.6 Å². The molecule has 8 heteroatoms. The number of hydrogen-bond donors (Lipinski definition) is 0. The maximum atomic E-state index is 11.7. The summed E-state index contributed by atoms with van der Waals surface area (Å²) >= 11 is 5.71. The summed E-state index contributed by atoms with van der Waals surface area (Å²) in [6, 6.07) is 3.67. The summed E-state index contributed by atoms with van der Waals surface area (Å²) in [5, 5.41) is 10.5. The molecule has 0 saturated carbocycles. The van der Waals surface area contributed by atoms with Crippen LogP contribution in [-0.4, -0.2) is 44.4 Å². The lowest BCUT2D eigenvalue weighted by Gasteiger charge is -2.06. The monoisotopic (exact) mass is 317 g/mol. The average Bonchev–Trinajstić information content (AvgIpc) is 2.45. The molecule has 21 heavy (non-hydrogen) atoms. The van der Waals surface area contributed by atoms with Crippen molar-refractivity contribution >= 4 is 23.3 Å². The highest BCUT2D eigenvalue weighted by molar-refractivity contribution is 6.33. The minimum absolute atomic E-state index is 0.0976. The Morgan fingerprint density at radius 3 is 2.67 bits per heavy atom. The van der Waals surface area contributed by atoms with E-state index in [4.69, 9.17) is 25.8 Å². The van der Waals surface area contributed by atoms with Crippen LogP contribution in [-0.2, 0) is 14.2 Å². The van der Waals surface area contributed by atoms with Gasteiger partial charge in [-0.2, -0.15) is 0 Å². The number of nitro benzene ring substituents is 1. The summed E-state index contributed by atoms with van der Waals surface area (Å²) in [6.45, 7) is 1.51. The number of rotatable bonds is 9. The standard InChI is InChI=1S/C13H16ClNO6/c1-19-5-2-6-20-7-8-21-13(16)10-3-4-12(15(17)18)11(14)9-10/h3-4,9H,2,5-8H2,1H3. The molecule has 0 bridgehead atoms. The van der Waals surface area contributed by atoms with Gasteiger partial charge in [-0.25, -0.2) is 4.79 Å². The minimum atomic E-state index is -0.620. The van der Waals surface area contributed by atoms with Crippen molar-refractivity contribution in [3.05, 3.63) is 38.9 Å². The Kier molecular flexibility index (Phi) is 7.66. The van der Waals surface area contributed by atoms with Gasteiger partial charge in [-0.05, 0) is 18.6 Å². The van der Waals surface area contributed by atoms with Gasteiger partial charge in [0.05, 0.1) is 17.1 Å². The molecule has 0 saturated heterocycles. The first-order chi connectivity index (χ1) is 10.1. The molecule has 0 N–H and O–H groups in total. The van der Waals surface area contributed by atoms with Crippen LogP contribution in [0, 0.1) is 10.1 Å². The molecule has 0 aliphatic rings. The van der Waals surface area contributed by atoms with E-state index in [2.05, 4.69) is 0 Å². The summed E-state index contributed by atoms with van der Waals surface area (Å²) in [7, 11) is 1.61. The van der Waals surface area contributed by atoms with E-state index in [9.17, 15) is 14.9 Å². The van der Waals surface area contributed by atoms with Crippen molar-refractivity contribution in [2.75, 3.05) is 33.5 Å². The normalized spacial score (nSPS) is 10.4. The maximum absolute atomic E-state index is 11.7. The first kappa shape index (κ1) is 17.4. The van der Waals surface area contributed by atoms with Crippen LogP contribution in [0.3, 0.4) is 0 Å². The fraction of sp³-hybridized carbons (Fsp3) is 0.462. The lowest BCUT2D eigenvalue weighted by molar-refractivity contribution is -0.384. The number of hydrogen-bond acceptors (Lipinski definition) is 6. The Morgan fingerprint density at radius 2 is 2.05 bits per heavy atom. The summed E-state index contributed by atoms with van der Waals surface area (Å²) in [6.07, 6.45) is 0.766. The highest BCUT2D eigenvalue weighted by Gasteiger charge is 2.15. The number of halogens is 1. The first-order valence-electron chi connectivity index (χ1n) is 6.24. The van der Waals surface area contributed by atoms with Gasteiger partial charge in [0.15, 0.2) is 0 Å². The topological polar surface area (TPSA) is 87.9 Å². The van der Waals surface area contributed by atoms with E-state index >= 15 is 0 Å². The van der Waals surface area contributed by atoms with Gasteiger partial charge in [-0.3, -0.25) is 10.1 Å². The quantitative estimate of drug-likeness (QED) is 0.301. The molecule has 0 aromatic heterocycles. The van der Waals surface area contributed by atoms with Gasteiger partial charge in [0.25, 0.3) is 5.69 Å². The van der Waals surface area contributed by atoms with Gasteiger partial charge in [-0.1, -0.05) is 11.6 Å². The predicted octanol–water partition coefficient (Wildman–Crippen LogP) is 2.46. The van der Waals surface area contributed by atoms with Crippen LogP contribution in [0.15, 0.2) is 18.2 Å². The number of benzene rings is 1. The molecule has 0 unspecified atom stereocenters. The van der Waals surface area contributed by atoms with E-state index in [0.717, 1.165) is 6.42 Å². The van der Waals surface area contributed by atoms with Crippen LogP contribution in [0.25, 0.3) is 0 Å². The largest absolute Gasteiger partial charge is 0.460 e. The Labute approximate surface area is 126 Å². The van der Waals surface area contributed by atoms with Gasteiger partial charge in [0.2, 0.25) is 0 Å². The van der Waals surface area contributed by atoms with E-state index in [-0.39, 0.29) is 29.5 Å². The molecule has 0 radical (unpaired) electrons. The lowest BCUT2D eigenvalue weighted by atomic mass is 10.2. The summed E-state index contributed by atoms with van der Waals surface area (Å²) in [5.41, 5.74) is -0.0975. The van der Waals surface area contributed by atoms with Crippen molar-refractivity contribution in [1.82, 2.24) is 0 Å². The predicted molar refractivity (Wildman–Crippen MR) is 75.7 cm³/mol. The van der Waals surface area contributed by atoms with E-state index < -0.39 is 10.9 Å². The van der Waals surface area contributed by atoms with Crippen LogP contribution in [0.1, 0.15) is 16.8 Å². The molecule has 0 aliphatic carbocycles. The molecule has 0 atom stereocenters. The second kappa shape index (κ2) is 9.28. The number of ether oxygens (including phenoxy) is 3. The number of nitrogens with zero attached hydrogens (tertiary/aromatic N) is 1. The van der Waals surface area contributed by atoms with Crippen LogP contribution in [0.4, 0.5) is 5.69 Å². The number of carbonyl (C=O) groups excluding carboxylic acids is 1. The summed E-state index contributed by atoms with van der Waals surface area (Å²) < 4.78 is 15.0. The Balaban J connectivity index is 2.35. The molecule has 0 heterocycles. The molecule has 7 nitrogen and oxygen atoms in total. The minimum Gasteiger partial charge on any atom is -0.460 e. The van der Waals surface area contributed by atoms with Gasteiger partial charge >= 0.3 is 5.97 Å². The van der Waals surface area contributed by atoms with Gasteiger partial charge in [-0.15, -0.1) is 0 Å². The van der Waals surface area contributed by atoms with Crippen LogP contribution < -0.4 is 0 Å². The molecular weight excluding hydrogens is 302 g/mol. The zero-order valence-electron chi connectivity index (χ0n) is 11.5. The van der Waals surface area contributed by atoms with E-state index in [1.165, 1.54) is 18.2 Å². The van der Waals surface area contributed by atoms with Gasteiger partial charge in [0, 0.05) is 26.4 Å². The highest BCUT2D eigenvalue weighted by Crippen LogP contribution is 2.25. The molecule has 0 fully saturated rings. The number of carbonyl (C=O) groups is 1. The molecule has 0 spiro atoms. The SMILES string of the molecule is COCCCOCCOC(=O)c1ccc([N+](=O)[O-])c(Cl)c1. The molecule has 1 aromatic carbocycles. The molecule has 1 rings (SSSR count). The Morgan fingerprint density at radius 1 is 1.29 bits per heavy atom. The number of esters is 1. The van der Waals surface area contributed by atoms with Crippen molar-refractivity contribution in [2.45, 2.75) is 6.42 Å². The highest BCUT2D eigenvalue weighted by atomic mass is 35.5. The molecule has 0 aliphatic heterocycles. The third-order valence-electron chi connectivity index (χ3n) is 2.48. The van der Waals surface area contributed by atoms with E-state index in [0.29, 0.717) is 13.2 Å². The second-order valence-corrected chi connectivity index (χ2v) is 4.43. The van der Waals surface area contributed by atoms with Crippen molar-refractivity contribution in [3.63, 3.8) is 0 Å². The molecular formula is C13H16ClNO6.